The Bertz CT molecular complexity index is 346. The molecule has 22 heavy (non-hydrogen) atoms. The van der Waals surface area contributed by atoms with Crippen molar-refractivity contribution in [1.82, 2.24) is 15.1 Å². The van der Waals surface area contributed by atoms with Crippen molar-refractivity contribution < 1.29 is 9.59 Å². The average Bonchev–Trinajstić information content (AvgIpc) is 2.39. The summed E-state index contributed by atoms with van der Waals surface area (Å²) in [5, 5.41) is 2.76. The van der Waals surface area contributed by atoms with E-state index in [2.05, 4.69) is 17.3 Å². The molecule has 132 valence electrons. The van der Waals surface area contributed by atoms with Gasteiger partial charge in [0.15, 0.2) is 0 Å². The molecule has 0 spiro atoms. The minimum Gasteiger partial charge on any atom is -0.354 e. The van der Waals surface area contributed by atoms with Gasteiger partial charge in [0.2, 0.25) is 11.8 Å². The molecule has 1 heterocycles. The van der Waals surface area contributed by atoms with E-state index in [1.54, 1.807) is 6.92 Å². The normalized spacial score (nSPS) is 17.7. The fraction of sp³-hybridized carbons (Fsp3) is 0.857. The Labute approximate surface area is 146 Å². The van der Waals surface area contributed by atoms with Crippen LogP contribution >= 0.6 is 24.8 Å². The van der Waals surface area contributed by atoms with Gasteiger partial charge in [-0.05, 0) is 20.4 Å². The van der Waals surface area contributed by atoms with Gasteiger partial charge in [-0.15, -0.1) is 24.8 Å². The third kappa shape index (κ3) is 7.63. The number of hydrogen-bond acceptors (Lipinski definition) is 4. The summed E-state index contributed by atoms with van der Waals surface area (Å²) < 4.78 is 0. The van der Waals surface area contributed by atoms with Crippen LogP contribution in [0.1, 0.15) is 33.1 Å². The maximum absolute atomic E-state index is 12.0. The van der Waals surface area contributed by atoms with Gasteiger partial charge in [-0.3, -0.25) is 9.59 Å². The molecule has 0 aromatic heterocycles. The zero-order valence-corrected chi connectivity index (χ0v) is 15.4. The number of nitrogens with two attached hydrogens (primary N) is 1. The van der Waals surface area contributed by atoms with Crippen molar-refractivity contribution in [3.63, 3.8) is 0 Å². The largest absolute Gasteiger partial charge is 0.354 e. The predicted octanol–water partition coefficient (Wildman–Crippen LogP) is 0.628. The van der Waals surface area contributed by atoms with Crippen LogP contribution in [-0.2, 0) is 9.59 Å². The maximum atomic E-state index is 12.0. The van der Waals surface area contributed by atoms with E-state index in [9.17, 15) is 9.59 Å². The lowest BCUT2D eigenvalue weighted by Gasteiger charge is -2.32. The Morgan fingerprint density at radius 3 is 2.23 bits per heavy atom. The monoisotopic (exact) mass is 356 g/mol. The van der Waals surface area contributed by atoms with Crippen molar-refractivity contribution in [3.05, 3.63) is 0 Å². The number of carbonyl (C=O) groups excluding carboxylic acids is 2. The predicted molar refractivity (Wildman–Crippen MR) is 93.7 cm³/mol. The molecule has 1 saturated heterocycles. The van der Waals surface area contributed by atoms with E-state index in [0.29, 0.717) is 19.4 Å². The van der Waals surface area contributed by atoms with Crippen LogP contribution in [0.25, 0.3) is 0 Å². The highest BCUT2D eigenvalue weighted by atomic mass is 35.5. The highest BCUT2D eigenvalue weighted by Gasteiger charge is 2.27. The van der Waals surface area contributed by atoms with Gasteiger partial charge in [0.25, 0.3) is 0 Å². The standard InChI is InChI=1S/C14H28N4O2.2ClH/c1-4-6-14(2,15)13(20)16-7-5-12(19)18-10-8-17(3)9-11-18;;/h4-11,15H2,1-3H3,(H,16,20);2*1H. The first kappa shape index (κ1) is 23.7. The number of piperazine rings is 1. The third-order valence-corrected chi connectivity index (χ3v) is 3.77. The van der Waals surface area contributed by atoms with Gasteiger partial charge in [-0.2, -0.15) is 0 Å². The summed E-state index contributed by atoms with van der Waals surface area (Å²) in [4.78, 5) is 27.9. The van der Waals surface area contributed by atoms with Crippen LogP contribution in [0.3, 0.4) is 0 Å². The van der Waals surface area contributed by atoms with Crippen LogP contribution < -0.4 is 11.1 Å². The fourth-order valence-electron chi connectivity index (χ4n) is 2.33. The summed E-state index contributed by atoms with van der Waals surface area (Å²) in [6.45, 7) is 7.45. The zero-order valence-electron chi connectivity index (χ0n) is 13.8. The number of hydrogen-bond donors (Lipinski definition) is 2. The highest BCUT2D eigenvalue weighted by Crippen LogP contribution is 2.08. The molecular weight excluding hydrogens is 327 g/mol. The maximum Gasteiger partial charge on any atom is 0.239 e. The second-order valence-electron chi connectivity index (χ2n) is 5.86. The lowest BCUT2D eigenvalue weighted by molar-refractivity contribution is -0.132. The molecule has 0 saturated carbocycles. The van der Waals surface area contributed by atoms with Crippen molar-refractivity contribution in [2.75, 3.05) is 39.8 Å². The van der Waals surface area contributed by atoms with Crippen molar-refractivity contribution in [2.45, 2.75) is 38.6 Å². The molecule has 0 aromatic carbocycles. The number of nitrogens with one attached hydrogen (secondary N) is 1. The van der Waals surface area contributed by atoms with Crippen LogP contribution in [0.5, 0.6) is 0 Å². The molecule has 2 amide bonds. The first-order valence-corrected chi connectivity index (χ1v) is 7.40. The Balaban J connectivity index is 0. The number of halogens is 2. The molecule has 1 fully saturated rings. The van der Waals surface area contributed by atoms with E-state index < -0.39 is 5.54 Å². The lowest BCUT2D eigenvalue weighted by Crippen LogP contribution is -2.52. The fourth-order valence-corrected chi connectivity index (χ4v) is 2.33. The minimum atomic E-state index is -0.842. The van der Waals surface area contributed by atoms with E-state index in [1.807, 2.05) is 11.8 Å². The average molecular weight is 357 g/mol. The molecule has 1 atom stereocenters. The van der Waals surface area contributed by atoms with Crippen molar-refractivity contribution in [3.8, 4) is 0 Å². The van der Waals surface area contributed by atoms with Crippen LogP contribution in [0.4, 0.5) is 0 Å². The van der Waals surface area contributed by atoms with Crippen LogP contribution in [-0.4, -0.2) is 66.9 Å². The van der Waals surface area contributed by atoms with Crippen molar-refractivity contribution >= 4 is 36.6 Å². The highest BCUT2D eigenvalue weighted by molar-refractivity contribution is 5.86. The number of rotatable bonds is 6. The van der Waals surface area contributed by atoms with E-state index in [1.165, 1.54) is 0 Å². The molecule has 8 heteroatoms. The van der Waals surface area contributed by atoms with Gasteiger partial charge in [-0.1, -0.05) is 13.3 Å². The zero-order chi connectivity index (χ0) is 15.2. The second kappa shape index (κ2) is 11.0. The summed E-state index contributed by atoms with van der Waals surface area (Å²) in [7, 11) is 2.05. The summed E-state index contributed by atoms with van der Waals surface area (Å²) in [6.07, 6.45) is 1.85. The Morgan fingerprint density at radius 1 is 1.18 bits per heavy atom. The van der Waals surface area contributed by atoms with Gasteiger partial charge in [0.1, 0.15) is 0 Å². The molecule has 6 nitrogen and oxygen atoms in total. The topological polar surface area (TPSA) is 78.7 Å². The quantitative estimate of drug-likeness (QED) is 0.731. The molecule has 3 N–H and O–H groups in total. The number of likely N-dealkylation sites (N-methyl/N-ethyl adjacent to an activating group) is 1. The lowest BCUT2D eigenvalue weighted by atomic mass is 9.96. The van der Waals surface area contributed by atoms with Crippen molar-refractivity contribution in [1.29, 1.82) is 0 Å². The molecule has 0 aromatic rings. The molecule has 1 aliphatic heterocycles. The van der Waals surface area contributed by atoms with Gasteiger partial charge >= 0.3 is 0 Å². The smallest absolute Gasteiger partial charge is 0.239 e. The number of carbonyl (C=O) groups is 2. The van der Waals surface area contributed by atoms with Crippen LogP contribution in [0.2, 0.25) is 0 Å². The van der Waals surface area contributed by atoms with Gasteiger partial charge < -0.3 is 20.9 Å². The van der Waals surface area contributed by atoms with Gasteiger partial charge in [-0.25, -0.2) is 0 Å². The Morgan fingerprint density at radius 2 is 1.73 bits per heavy atom. The summed E-state index contributed by atoms with van der Waals surface area (Å²) in [5.74, 6) is -0.0712. The molecule has 1 aliphatic rings. The number of amides is 2. The third-order valence-electron chi connectivity index (χ3n) is 3.77. The Hall–Kier alpha value is -0.560. The first-order chi connectivity index (χ1) is 9.36. The number of nitrogens with zero attached hydrogens (tertiary/aromatic N) is 2. The van der Waals surface area contributed by atoms with Crippen LogP contribution in [0, 0.1) is 0 Å². The second-order valence-corrected chi connectivity index (χ2v) is 5.86. The molecule has 1 rings (SSSR count). The SMILES string of the molecule is CCCC(C)(N)C(=O)NCCC(=O)N1CCN(C)CC1.Cl.Cl. The van der Waals surface area contributed by atoms with Crippen molar-refractivity contribution in [2.24, 2.45) is 5.73 Å². The van der Waals surface area contributed by atoms with E-state index in [4.69, 9.17) is 5.73 Å². The molecule has 1 unspecified atom stereocenters. The molecular formula is C14H30Cl2N4O2. The first-order valence-electron chi connectivity index (χ1n) is 7.40. The summed E-state index contributed by atoms with van der Waals surface area (Å²) >= 11 is 0. The van der Waals surface area contributed by atoms with E-state index in [0.717, 1.165) is 32.6 Å². The van der Waals surface area contributed by atoms with Gasteiger partial charge in [0.05, 0.1) is 5.54 Å². The van der Waals surface area contributed by atoms with E-state index >= 15 is 0 Å². The summed E-state index contributed by atoms with van der Waals surface area (Å²) in [6, 6.07) is 0. The van der Waals surface area contributed by atoms with Gasteiger partial charge in [0, 0.05) is 39.1 Å². The van der Waals surface area contributed by atoms with Crippen LogP contribution in [0.15, 0.2) is 0 Å². The van der Waals surface area contributed by atoms with E-state index in [-0.39, 0.29) is 36.6 Å². The Kier molecular flexibility index (Phi) is 11.9. The molecule has 0 bridgehead atoms. The summed E-state index contributed by atoms with van der Waals surface area (Å²) in [5.41, 5.74) is 5.09. The molecule has 0 aliphatic carbocycles. The minimum absolute atomic E-state index is 0. The molecule has 0 radical (unpaired) electrons.